The number of rotatable bonds is 8. The van der Waals surface area contributed by atoms with Crippen molar-refractivity contribution in [2.75, 3.05) is 19.8 Å². The standard InChI is InChI=1S/C15H25NO2/c1-4-8-16-14(10-17)11-18-15-7-5-6-13(9-15)12(2)3/h5-7,9,12,14,16-17H,4,8,10-11H2,1-3H3. The first-order chi connectivity index (χ1) is 8.67. The lowest BCUT2D eigenvalue weighted by molar-refractivity contribution is 0.183. The fraction of sp³-hybridized carbons (Fsp3) is 0.600. The summed E-state index contributed by atoms with van der Waals surface area (Å²) in [7, 11) is 0. The maximum absolute atomic E-state index is 9.23. The minimum atomic E-state index is 0.00709. The van der Waals surface area contributed by atoms with Crippen molar-refractivity contribution in [3.05, 3.63) is 29.8 Å². The van der Waals surface area contributed by atoms with Crippen LogP contribution in [0.5, 0.6) is 5.75 Å². The van der Waals surface area contributed by atoms with E-state index in [1.807, 2.05) is 12.1 Å². The van der Waals surface area contributed by atoms with Gasteiger partial charge < -0.3 is 15.2 Å². The van der Waals surface area contributed by atoms with Crippen LogP contribution in [-0.4, -0.2) is 30.9 Å². The largest absolute Gasteiger partial charge is 0.492 e. The predicted octanol–water partition coefficient (Wildman–Crippen LogP) is 2.55. The molecule has 0 aliphatic heterocycles. The second kappa shape index (κ2) is 8.11. The van der Waals surface area contributed by atoms with Gasteiger partial charge in [0.05, 0.1) is 12.6 Å². The first-order valence-electron chi connectivity index (χ1n) is 6.74. The number of benzene rings is 1. The number of nitrogens with one attached hydrogen (secondary N) is 1. The van der Waals surface area contributed by atoms with Crippen LogP contribution in [-0.2, 0) is 0 Å². The lowest BCUT2D eigenvalue weighted by atomic mass is 10.0. The molecule has 1 aromatic carbocycles. The Balaban J connectivity index is 2.48. The molecule has 1 rings (SSSR count). The Hall–Kier alpha value is -1.06. The Labute approximate surface area is 110 Å². The lowest BCUT2D eigenvalue weighted by Gasteiger charge is -2.17. The Kier molecular flexibility index (Phi) is 6.76. The molecule has 1 atom stereocenters. The number of aliphatic hydroxyl groups excluding tert-OH is 1. The van der Waals surface area contributed by atoms with Crippen molar-refractivity contribution < 1.29 is 9.84 Å². The minimum Gasteiger partial charge on any atom is -0.492 e. The maximum atomic E-state index is 9.23. The van der Waals surface area contributed by atoms with E-state index in [0.717, 1.165) is 18.7 Å². The Morgan fingerprint density at radius 2 is 2.11 bits per heavy atom. The molecule has 0 spiro atoms. The zero-order valence-corrected chi connectivity index (χ0v) is 11.6. The summed E-state index contributed by atoms with van der Waals surface area (Å²) >= 11 is 0. The van der Waals surface area contributed by atoms with Crippen LogP contribution in [0.25, 0.3) is 0 Å². The second-order valence-electron chi connectivity index (χ2n) is 4.87. The van der Waals surface area contributed by atoms with Gasteiger partial charge in [-0.05, 0) is 36.6 Å². The van der Waals surface area contributed by atoms with Crippen LogP contribution < -0.4 is 10.1 Å². The lowest BCUT2D eigenvalue weighted by Crippen LogP contribution is -2.38. The first kappa shape index (κ1) is 15.0. The Bertz CT molecular complexity index is 339. The number of hydrogen-bond donors (Lipinski definition) is 2. The van der Waals surface area contributed by atoms with Gasteiger partial charge >= 0.3 is 0 Å². The normalized spacial score (nSPS) is 12.7. The van der Waals surface area contributed by atoms with Gasteiger partial charge in [0.1, 0.15) is 12.4 Å². The van der Waals surface area contributed by atoms with Gasteiger partial charge in [-0.3, -0.25) is 0 Å². The molecule has 0 heterocycles. The summed E-state index contributed by atoms with van der Waals surface area (Å²) < 4.78 is 5.72. The average molecular weight is 251 g/mol. The van der Waals surface area contributed by atoms with Crippen LogP contribution in [0, 0.1) is 0 Å². The van der Waals surface area contributed by atoms with Crippen LogP contribution in [0.15, 0.2) is 24.3 Å². The van der Waals surface area contributed by atoms with Gasteiger partial charge in [-0.2, -0.15) is 0 Å². The van der Waals surface area contributed by atoms with Crippen molar-refractivity contribution in [3.8, 4) is 5.75 Å². The predicted molar refractivity (Wildman–Crippen MR) is 75.2 cm³/mol. The molecule has 0 amide bonds. The van der Waals surface area contributed by atoms with E-state index >= 15 is 0 Å². The van der Waals surface area contributed by atoms with Gasteiger partial charge in [0.2, 0.25) is 0 Å². The average Bonchev–Trinajstić information content (AvgIpc) is 2.39. The molecule has 3 nitrogen and oxygen atoms in total. The molecule has 0 aliphatic carbocycles. The van der Waals surface area contributed by atoms with E-state index < -0.39 is 0 Å². The van der Waals surface area contributed by atoms with Gasteiger partial charge in [0, 0.05) is 0 Å². The minimum absolute atomic E-state index is 0.00709. The summed E-state index contributed by atoms with van der Waals surface area (Å²) in [5.74, 6) is 1.37. The highest BCUT2D eigenvalue weighted by molar-refractivity contribution is 5.30. The molecule has 0 radical (unpaired) electrons. The van der Waals surface area contributed by atoms with Crippen molar-refractivity contribution in [2.24, 2.45) is 0 Å². The van der Waals surface area contributed by atoms with E-state index in [4.69, 9.17) is 4.74 Å². The molecule has 0 bridgehead atoms. The molecular weight excluding hydrogens is 226 g/mol. The van der Waals surface area contributed by atoms with Crippen LogP contribution >= 0.6 is 0 Å². The quantitative estimate of drug-likeness (QED) is 0.746. The molecule has 18 heavy (non-hydrogen) atoms. The molecule has 0 fully saturated rings. The maximum Gasteiger partial charge on any atom is 0.119 e. The van der Waals surface area contributed by atoms with Crippen LogP contribution in [0.3, 0.4) is 0 Å². The van der Waals surface area contributed by atoms with Gasteiger partial charge in [-0.25, -0.2) is 0 Å². The van der Waals surface area contributed by atoms with Crippen LogP contribution in [0.1, 0.15) is 38.7 Å². The third kappa shape index (κ3) is 5.07. The van der Waals surface area contributed by atoms with Crippen molar-refractivity contribution in [1.82, 2.24) is 5.32 Å². The van der Waals surface area contributed by atoms with Gasteiger partial charge in [0.15, 0.2) is 0 Å². The van der Waals surface area contributed by atoms with Crippen molar-refractivity contribution in [3.63, 3.8) is 0 Å². The molecule has 0 aromatic heterocycles. The summed E-state index contributed by atoms with van der Waals surface area (Å²) in [6.07, 6.45) is 1.05. The van der Waals surface area contributed by atoms with E-state index in [2.05, 4.69) is 38.2 Å². The molecule has 0 saturated carbocycles. The Morgan fingerprint density at radius 1 is 1.33 bits per heavy atom. The van der Waals surface area contributed by atoms with E-state index in [9.17, 15) is 5.11 Å². The highest BCUT2D eigenvalue weighted by atomic mass is 16.5. The molecule has 0 aliphatic rings. The highest BCUT2D eigenvalue weighted by Gasteiger charge is 2.07. The van der Waals surface area contributed by atoms with Crippen LogP contribution in [0.4, 0.5) is 0 Å². The Morgan fingerprint density at radius 3 is 2.72 bits per heavy atom. The molecule has 1 unspecified atom stereocenters. The first-order valence-corrected chi connectivity index (χ1v) is 6.74. The van der Waals surface area contributed by atoms with Gasteiger partial charge in [0.25, 0.3) is 0 Å². The van der Waals surface area contributed by atoms with E-state index in [1.54, 1.807) is 0 Å². The van der Waals surface area contributed by atoms with Crippen molar-refractivity contribution in [1.29, 1.82) is 0 Å². The van der Waals surface area contributed by atoms with Gasteiger partial charge in [-0.1, -0.05) is 32.9 Å². The van der Waals surface area contributed by atoms with E-state index in [0.29, 0.717) is 12.5 Å². The molecule has 3 heteroatoms. The summed E-state index contributed by atoms with van der Waals surface area (Å²) in [4.78, 5) is 0. The third-order valence-corrected chi connectivity index (χ3v) is 2.88. The second-order valence-corrected chi connectivity index (χ2v) is 4.87. The number of aliphatic hydroxyl groups is 1. The highest BCUT2D eigenvalue weighted by Crippen LogP contribution is 2.20. The molecule has 102 valence electrons. The molecule has 1 aromatic rings. The number of hydrogen-bond acceptors (Lipinski definition) is 3. The van der Waals surface area contributed by atoms with Crippen molar-refractivity contribution in [2.45, 2.75) is 39.2 Å². The fourth-order valence-corrected chi connectivity index (χ4v) is 1.68. The van der Waals surface area contributed by atoms with E-state index in [-0.39, 0.29) is 12.6 Å². The monoisotopic (exact) mass is 251 g/mol. The molecule has 0 saturated heterocycles. The summed E-state index contributed by atoms with van der Waals surface area (Å²) in [5.41, 5.74) is 1.27. The zero-order chi connectivity index (χ0) is 13.4. The number of ether oxygens (including phenoxy) is 1. The summed E-state index contributed by atoms with van der Waals surface area (Å²) in [6.45, 7) is 7.94. The summed E-state index contributed by atoms with van der Waals surface area (Å²) in [6, 6.07) is 8.15. The SMILES string of the molecule is CCCNC(CO)COc1cccc(C(C)C)c1. The molecular formula is C15H25NO2. The molecule has 2 N–H and O–H groups in total. The smallest absolute Gasteiger partial charge is 0.119 e. The third-order valence-electron chi connectivity index (χ3n) is 2.88. The topological polar surface area (TPSA) is 41.5 Å². The summed E-state index contributed by atoms with van der Waals surface area (Å²) in [5, 5.41) is 12.5. The zero-order valence-electron chi connectivity index (χ0n) is 11.6. The fourth-order valence-electron chi connectivity index (χ4n) is 1.68. The van der Waals surface area contributed by atoms with Gasteiger partial charge in [-0.15, -0.1) is 0 Å². The van der Waals surface area contributed by atoms with E-state index in [1.165, 1.54) is 5.56 Å². The van der Waals surface area contributed by atoms with Crippen LogP contribution in [0.2, 0.25) is 0 Å². The van der Waals surface area contributed by atoms with Crippen molar-refractivity contribution >= 4 is 0 Å².